The minimum Gasteiger partial charge on any atom is -0.467 e. The van der Waals surface area contributed by atoms with Gasteiger partial charge in [0.2, 0.25) is 0 Å². The average Bonchev–Trinajstić information content (AvgIpc) is 2.27. The highest BCUT2D eigenvalue weighted by molar-refractivity contribution is 7.57. The van der Waals surface area contributed by atoms with Crippen LogP contribution in [-0.2, 0) is 27.9 Å². The molecule has 0 amide bonds. The van der Waals surface area contributed by atoms with E-state index in [1.54, 1.807) is 13.8 Å². The Balaban J connectivity index is 2.81. The monoisotopic (exact) mass is 278 g/mol. The normalized spacial score (nSPS) is 23.9. The van der Waals surface area contributed by atoms with E-state index in [0.29, 0.717) is 13.0 Å². The van der Waals surface area contributed by atoms with Gasteiger partial charge in [0.1, 0.15) is 0 Å². The van der Waals surface area contributed by atoms with Crippen molar-refractivity contribution in [2.75, 3.05) is 26.9 Å². The minimum atomic E-state index is -3.31. The molecule has 1 aliphatic rings. The third-order valence-electron chi connectivity index (χ3n) is 2.51. The second-order valence-electron chi connectivity index (χ2n) is 3.67. The molecule has 7 heteroatoms. The summed E-state index contributed by atoms with van der Waals surface area (Å²) in [7, 11) is -2.03. The van der Waals surface area contributed by atoms with Crippen molar-refractivity contribution in [2.24, 2.45) is 0 Å². The molecule has 1 aliphatic heterocycles. The molecule has 18 heavy (non-hydrogen) atoms. The van der Waals surface area contributed by atoms with Crippen molar-refractivity contribution in [1.82, 2.24) is 0 Å². The maximum atomic E-state index is 12.2. The Kier molecular flexibility index (Phi) is 5.53. The zero-order chi connectivity index (χ0) is 13.6. The number of rotatable bonds is 7. The van der Waals surface area contributed by atoms with Gasteiger partial charge in [-0.3, -0.25) is 4.57 Å². The first-order valence-electron chi connectivity index (χ1n) is 5.83. The van der Waals surface area contributed by atoms with Crippen LogP contribution in [-0.4, -0.2) is 38.5 Å². The summed E-state index contributed by atoms with van der Waals surface area (Å²) in [5, 5.41) is 0. The van der Waals surface area contributed by atoms with Gasteiger partial charge in [-0.05, 0) is 19.9 Å². The number of methoxy groups -OCH3 is 1. The van der Waals surface area contributed by atoms with Gasteiger partial charge in [0.15, 0.2) is 5.60 Å². The Morgan fingerprint density at radius 2 is 1.94 bits per heavy atom. The largest absolute Gasteiger partial charge is 0.467 e. The number of esters is 1. The van der Waals surface area contributed by atoms with Gasteiger partial charge in [0.25, 0.3) is 0 Å². The van der Waals surface area contributed by atoms with Gasteiger partial charge in [0, 0.05) is 12.2 Å². The summed E-state index contributed by atoms with van der Waals surface area (Å²) in [6.07, 6.45) is 1.91. The summed E-state index contributed by atoms with van der Waals surface area (Å²) in [5.74, 6) is 0.764. The number of carbonyl (C=O) groups is 1. The Morgan fingerprint density at radius 1 is 1.39 bits per heavy atom. The lowest BCUT2D eigenvalue weighted by atomic mass is 9.95. The number of carbonyl (C=O) groups excluding carboxylic acids is 1. The number of ether oxygens (including phenoxy) is 2. The van der Waals surface area contributed by atoms with E-state index in [1.807, 2.05) is 0 Å². The van der Waals surface area contributed by atoms with Crippen LogP contribution in [0.3, 0.4) is 0 Å². The lowest BCUT2D eigenvalue weighted by Crippen LogP contribution is -2.49. The van der Waals surface area contributed by atoms with E-state index in [2.05, 4.69) is 4.74 Å². The minimum absolute atomic E-state index is 0.258. The van der Waals surface area contributed by atoms with Crippen molar-refractivity contribution >= 4 is 13.6 Å². The Morgan fingerprint density at radius 3 is 2.28 bits per heavy atom. The van der Waals surface area contributed by atoms with Crippen LogP contribution in [0.15, 0.2) is 11.9 Å². The third-order valence-corrected chi connectivity index (χ3v) is 4.26. The molecule has 0 aliphatic carbocycles. The molecule has 104 valence electrons. The van der Waals surface area contributed by atoms with Crippen molar-refractivity contribution in [3.63, 3.8) is 0 Å². The van der Waals surface area contributed by atoms with Crippen LogP contribution in [0.2, 0.25) is 0 Å². The Hall–Kier alpha value is -0.680. The van der Waals surface area contributed by atoms with E-state index in [4.69, 9.17) is 13.8 Å². The van der Waals surface area contributed by atoms with Gasteiger partial charge in [-0.15, -0.1) is 0 Å². The molecule has 1 unspecified atom stereocenters. The van der Waals surface area contributed by atoms with Crippen LogP contribution in [0.5, 0.6) is 0 Å². The highest BCUT2D eigenvalue weighted by Crippen LogP contribution is 2.50. The molecule has 1 saturated heterocycles. The second-order valence-corrected chi connectivity index (χ2v) is 5.56. The lowest BCUT2D eigenvalue weighted by Gasteiger charge is -2.36. The highest BCUT2D eigenvalue weighted by Gasteiger charge is 2.45. The lowest BCUT2D eigenvalue weighted by molar-refractivity contribution is -0.184. The number of hydrogen-bond acceptors (Lipinski definition) is 6. The van der Waals surface area contributed by atoms with Crippen LogP contribution >= 0.6 is 7.60 Å². The Bertz CT molecular complexity index is 351. The zero-order valence-corrected chi connectivity index (χ0v) is 11.8. The quantitative estimate of drug-likeness (QED) is 0.524. The topological polar surface area (TPSA) is 71.1 Å². The van der Waals surface area contributed by atoms with Crippen LogP contribution < -0.4 is 0 Å². The Labute approximate surface area is 107 Å². The van der Waals surface area contributed by atoms with Crippen LogP contribution in [0.1, 0.15) is 20.3 Å². The van der Waals surface area contributed by atoms with Gasteiger partial charge in [-0.1, -0.05) is 0 Å². The van der Waals surface area contributed by atoms with Gasteiger partial charge >= 0.3 is 13.6 Å². The predicted molar refractivity (Wildman–Crippen MR) is 65.3 cm³/mol. The molecule has 0 aromatic carbocycles. The molecule has 0 aromatic rings. The summed E-state index contributed by atoms with van der Waals surface area (Å²) >= 11 is 0. The van der Waals surface area contributed by atoms with Crippen LogP contribution in [0.25, 0.3) is 0 Å². The van der Waals surface area contributed by atoms with E-state index in [1.165, 1.54) is 19.0 Å². The van der Waals surface area contributed by atoms with Crippen LogP contribution in [0.4, 0.5) is 0 Å². The fourth-order valence-corrected chi connectivity index (χ4v) is 2.94. The summed E-state index contributed by atoms with van der Waals surface area (Å²) in [5.41, 5.74) is -1.14. The predicted octanol–water partition coefficient (Wildman–Crippen LogP) is 2.10. The summed E-state index contributed by atoms with van der Waals surface area (Å²) < 4.78 is 32.2. The molecule has 0 bridgehead atoms. The first-order valence-corrected chi connectivity index (χ1v) is 7.44. The van der Waals surface area contributed by atoms with Gasteiger partial charge in [0.05, 0.1) is 26.9 Å². The molecule has 0 radical (unpaired) electrons. The van der Waals surface area contributed by atoms with Crippen LogP contribution in [0, 0.1) is 0 Å². The van der Waals surface area contributed by atoms with Crippen molar-refractivity contribution < 1.29 is 27.9 Å². The molecule has 6 nitrogen and oxygen atoms in total. The smallest absolute Gasteiger partial charge is 0.353 e. The molecule has 1 atom stereocenters. The third kappa shape index (κ3) is 3.42. The molecule has 0 N–H and O–H groups in total. The molecular weight excluding hydrogens is 259 g/mol. The van der Waals surface area contributed by atoms with Crippen molar-refractivity contribution in [3.05, 3.63) is 11.9 Å². The maximum Gasteiger partial charge on any atom is 0.353 e. The number of hydrogen-bond donors (Lipinski definition) is 0. The second kappa shape index (κ2) is 6.48. The van der Waals surface area contributed by atoms with Crippen molar-refractivity contribution in [1.29, 1.82) is 0 Å². The summed E-state index contributed by atoms with van der Waals surface area (Å²) in [4.78, 5) is 11.6. The molecule has 0 spiro atoms. The molecule has 1 fully saturated rings. The van der Waals surface area contributed by atoms with Gasteiger partial charge in [-0.2, -0.15) is 0 Å². The van der Waals surface area contributed by atoms with E-state index in [-0.39, 0.29) is 13.2 Å². The highest BCUT2D eigenvalue weighted by atomic mass is 31.2. The van der Waals surface area contributed by atoms with E-state index >= 15 is 0 Å². The van der Waals surface area contributed by atoms with E-state index < -0.39 is 19.2 Å². The molecular formula is C11H19O6P. The average molecular weight is 278 g/mol. The summed E-state index contributed by atoms with van der Waals surface area (Å²) in [6, 6.07) is 0. The first kappa shape index (κ1) is 15.4. The van der Waals surface area contributed by atoms with Crippen molar-refractivity contribution in [2.45, 2.75) is 25.9 Å². The molecule has 1 rings (SSSR count). The van der Waals surface area contributed by atoms with Gasteiger partial charge < -0.3 is 18.5 Å². The molecule has 0 saturated carbocycles. The first-order chi connectivity index (χ1) is 8.52. The van der Waals surface area contributed by atoms with E-state index in [9.17, 15) is 9.36 Å². The molecule has 0 aromatic heterocycles. The standard InChI is InChI=1S/C11H19O6P/c1-4-16-18(13,17-5-2)9-7-11(6-8-15-11)10(12)14-3/h7,9H,4-6,8H2,1-3H3/b9-7+. The molecule has 1 heterocycles. The maximum absolute atomic E-state index is 12.2. The van der Waals surface area contributed by atoms with Gasteiger partial charge in [-0.25, -0.2) is 4.79 Å². The zero-order valence-electron chi connectivity index (χ0n) is 10.9. The fraction of sp³-hybridized carbons (Fsp3) is 0.727. The fourth-order valence-electron chi connectivity index (χ4n) is 1.55. The summed E-state index contributed by atoms with van der Waals surface area (Å²) in [6.45, 7) is 4.42. The van der Waals surface area contributed by atoms with E-state index in [0.717, 1.165) is 0 Å². The van der Waals surface area contributed by atoms with Crippen molar-refractivity contribution in [3.8, 4) is 0 Å². The SMILES string of the molecule is CCOP(=O)(/C=C/C1(C(=O)OC)CCO1)OCC.